The standard InChI is InChI=1S/C26H33N3OS/c1-3-9-22-21-12-7-8-13-24(21)31-25-15-14-19(18-23(25)28-22)26(30)27-16-17-29(2)20-10-5-4-6-11-20/h7-8,12-15,18,20H,3-6,9-11,16-17H2,1-2H3,(H,27,30). The summed E-state index contributed by atoms with van der Waals surface area (Å²) in [6, 6.07) is 15.0. The molecule has 0 radical (unpaired) electrons. The van der Waals surface area contributed by atoms with Crippen LogP contribution in [0.4, 0.5) is 5.69 Å². The molecule has 5 heteroatoms. The van der Waals surface area contributed by atoms with E-state index in [2.05, 4.69) is 48.5 Å². The minimum absolute atomic E-state index is 0.0150. The van der Waals surface area contributed by atoms with Crippen LogP contribution in [0.2, 0.25) is 0 Å². The molecule has 1 aliphatic heterocycles. The third-order valence-corrected chi connectivity index (χ3v) is 7.47. The number of likely N-dealkylation sites (N-methyl/N-ethyl adjacent to an activating group) is 1. The van der Waals surface area contributed by atoms with Gasteiger partial charge < -0.3 is 10.2 Å². The van der Waals surface area contributed by atoms with E-state index in [1.807, 2.05) is 18.2 Å². The van der Waals surface area contributed by atoms with Crippen molar-refractivity contribution in [2.75, 3.05) is 20.1 Å². The van der Waals surface area contributed by atoms with Crippen LogP contribution in [-0.2, 0) is 0 Å². The van der Waals surface area contributed by atoms with E-state index in [9.17, 15) is 4.79 Å². The lowest BCUT2D eigenvalue weighted by molar-refractivity contribution is 0.0944. The maximum atomic E-state index is 12.8. The first-order valence-corrected chi connectivity index (χ1v) is 12.4. The van der Waals surface area contributed by atoms with Gasteiger partial charge in [0.25, 0.3) is 5.91 Å². The predicted molar refractivity (Wildman–Crippen MR) is 130 cm³/mol. The van der Waals surface area contributed by atoms with E-state index in [-0.39, 0.29) is 5.91 Å². The molecule has 31 heavy (non-hydrogen) atoms. The molecule has 1 amide bonds. The molecule has 2 aromatic carbocycles. The summed E-state index contributed by atoms with van der Waals surface area (Å²) in [5.74, 6) is -0.0150. The molecule has 0 atom stereocenters. The molecule has 1 saturated carbocycles. The maximum Gasteiger partial charge on any atom is 0.251 e. The average molecular weight is 436 g/mol. The van der Waals surface area contributed by atoms with Crippen molar-refractivity contribution in [2.24, 2.45) is 4.99 Å². The van der Waals surface area contributed by atoms with Gasteiger partial charge in [0.1, 0.15) is 0 Å². The molecule has 2 aliphatic rings. The van der Waals surface area contributed by atoms with Crippen molar-refractivity contribution in [1.82, 2.24) is 10.2 Å². The van der Waals surface area contributed by atoms with Gasteiger partial charge in [0.15, 0.2) is 0 Å². The van der Waals surface area contributed by atoms with Crippen LogP contribution in [0.15, 0.2) is 57.2 Å². The molecule has 4 nitrogen and oxygen atoms in total. The lowest BCUT2D eigenvalue weighted by atomic mass is 9.94. The summed E-state index contributed by atoms with van der Waals surface area (Å²) in [4.78, 5) is 22.6. The molecule has 1 N–H and O–H groups in total. The van der Waals surface area contributed by atoms with Gasteiger partial charge in [-0.3, -0.25) is 9.79 Å². The Morgan fingerprint density at radius 2 is 1.94 bits per heavy atom. The lowest BCUT2D eigenvalue weighted by Gasteiger charge is -2.31. The zero-order valence-corrected chi connectivity index (χ0v) is 19.5. The van der Waals surface area contributed by atoms with Gasteiger partial charge >= 0.3 is 0 Å². The fourth-order valence-corrected chi connectivity index (χ4v) is 5.55. The van der Waals surface area contributed by atoms with Gasteiger partial charge in [0.2, 0.25) is 0 Å². The fourth-order valence-electron chi connectivity index (χ4n) is 4.53. The Hall–Kier alpha value is -2.11. The second-order valence-electron chi connectivity index (χ2n) is 8.62. The Morgan fingerprint density at radius 1 is 1.13 bits per heavy atom. The van der Waals surface area contributed by atoms with E-state index in [1.54, 1.807) is 11.8 Å². The van der Waals surface area contributed by atoms with E-state index in [0.29, 0.717) is 18.2 Å². The molecule has 1 aliphatic carbocycles. The first-order valence-electron chi connectivity index (χ1n) is 11.6. The van der Waals surface area contributed by atoms with Crippen LogP contribution in [0.25, 0.3) is 0 Å². The number of hydrogen-bond donors (Lipinski definition) is 1. The van der Waals surface area contributed by atoms with Gasteiger partial charge in [0.05, 0.1) is 5.69 Å². The van der Waals surface area contributed by atoms with Crippen molar-refractivity contribution >= 4 is 29.1 Å². The molecule has 0 saturated heterocycles. The monoisotopic (exact) mass is 435 g/mol. The molecular formula is C26H33N3OS. The summed E-state index contributed by atoms with van der Waals surface area (Å²) in [6.45, 7) is 3.75. The number of fused-ring (bicyclic) bond motifs is 2. The number of hydrogen-bond acceptors (Lipinski definition) is 4. The minimum Gasteiger partial charge on any atom is -0.351 e. The third kappa shape index (κ3) is 5.39. The smallest absolute Gasteiger partial charge is 0.251 e. The van der Waals surface area contributed by atoms with Gasteiger partial charge in [-0.25, -0.2) is 0 Å². The van der Waals surface area contributed by atoms with Crippen LogP contribution in [-0.4, -0.2) is 42.7 Å². The molecule has 0 unspecified atom stereocenters. The van der Waals surface area contributed by atoms with Crippen LogP contribution in [0.5, 0.6) is 0 Å². The van der Waals surface area contributed by atoms with E-state index in [0.717, 1.165) is 35.7 Å². The normalized spacial score (nSPS) is 16.3. The Morgan fingerprint density at radius 3 is 2.74 bits per heavy atom. The zero-order chi connectivity index (χ0) is 21.6. The highest BCUT2D eigenvalue weighted by molar-refractivity contribution is 7.99. The van der Waals surface area contributed by atoms with Crippen molar-refractivity contribution in [1.29, 1.82) is 0 Å². The molecule has 0 aromatic heterocycles. The van der Waals surface area contributed by atoms with Crippen molar-refractivity contribution in [3.63, 3.8) is 0 Å². The molecule has 0 bridgehead atoms. The Balaban J connectivity index is 1.44. The molecule has 0 spiro atoms. The first kappa shape index (κ1) is 22.1. The topological polar surface area (TPSA) is 44.7 Å². The third-order valence-electron chi connectivity index (χ3n) is 6.33. The van der Waals surface area contributed by atoms with E-state index in [1.165, 1.54) is 42.6 Å². The number of carbonyl (C=O) groups is 1. The summed E-state index contributed by atoms with van der Waals surface area (Å²) in [6.07, 6.45) is 8.58. The van der Waals surface area contributed by atoms with Gasteiger partial charge in [-0.15, -0.1) is 0 Å². The van der Waals surface area contributed by atoms with E-state index in [4.69, 9.17) is 4.99 Å². The number of rotatable bonds is 7. The summed E-state index contributed by atoms with van der Waals surface area (Å²) >= 11 is 1.74. The Kier molecular flexibility index (Phi) is 7.46. The Labute approximate surface area is 190 Å². The second-order valence-corrected chi connectivity index (χ2v) is 9.70. The highest BCUT2D eigenvalue weighted by Crippen LogP contribution is 2.41. The largest absolute Gasteiger partial charge is 0.351 e. The van der Waals surface area contributed by atoms with Gasteiger partial charge in [-0.2, -0.15) is 0 Å². The van der Waals surface area contributed by atoms with E-state index >= 15 is 0 Å². The number of nitrogens with one attached hydrogen (secondary N) is 1. The van der Waals surface area contributed by atoms with Gasteiger partial charge in [-0.1, -0.05) is 62.6 Å². The molecular weight excluding hydrogens is 402 g/mol. The molecule has 2 aromatic rings. The summed E-state index contributed by atoms with van der Waals surface area (Å²) < 4.78 is 0. The summed E-state index contributed by atoms with van der Waals surface area (Å²) in [7, 11) is 2.18. The number of nitrogens with zero attached hydrogens (tertiary/aromatic N) is 2. The SMILES string of the molecule is CCCC1=Nc2cc(C(=O)NCCN(C)C3CCCCC3)ccc2Sc2ccccc21. The second kappa shape index (κ2) is 10.5. The van der Waals surface area contributed by atoms with Gasteiger partial charge in [0, 0.05) is 45.8 Å². The van der Waals surface area contributed by atoms with Crippen LogP contribution >= 0.6 is 11.8 Å². The van der Waals surface area contributed by atoms with Crippen LogP contribution < -0.4 is 5.32 Å². The van der Waals surface area contributed by atoms with Crippen LogP contribution in [0.3, 0.4) is 0 Å². The zero-order valence-electron chi connectivity index (χ0n) is 18.7. The van der Waals surface area contributed by atoms with Crippen molar-refractivity contribution in [3.05, 3.63) is 53.6 Å². The van der Waals surface area contributed by atoms with Crippen LogP contribution in [0, 0.1) is 0 Å². The van der Waals surface area contributed by atoms with E-state index < -0.39 is 0 Å². The number of benzene rings is 2. The van der Waals surface area contributed by atoms with Gasteiger partial charge in [-0.05, 0) is 50.6 Å². The quantitative estimate of drug-likeness (QED) is 0.574. The highest BCUT2D eigenvalue weighted by atomic mass is 32.2. The van der Waals surface area contributed by atoms with Crippen LogP contribution in [0.1, 0.15) is 67.8 Å². The molecule has 1 fully saturated rings. The average Bonchev–Trinajstić information content (AvgIpc) is 2.95. The minimum atomic E-state index is -0.0150. The van der Waals surface area contributed by atoms with Crippen molar-refractivity contribution in [3.8, 4) is 0 Å². The molecule has 1 heterocycles. The molecule has 164 valence electrons. The number of amides is 1. The summed E-state index contributed by atoms with van der Waals surface area (Å²) in [5.41, 5.74) is 3.90. The lowest BCUT2D eigenvalue weighted by Crippen LogP contribution is -2.39. The Bertz CT molecular complexity index is 949. The fraction of sp³-hybridized carbons (Fsp3) is 0.462. The predicted octanol–water partition coefficient (Wildman–Crippen LogP) is 6.07. The van der Waals surface area contributed by atoms with Crippen molar-refractivity contribution in [2.45, 2.75) is 67.7 Å². The first-order chi connectivity index (χ1) is 15.2. The number of carbonyl (C=O) groups excluding carboxylic acids is 1. The number of aliphatic imine (C=N–C) groups is 1. The maximum absolute atomic E-state index is 12.8. The van der Waals surface area contributed by atoms with Crippen molar-refractivity contribution < 1.29 is 4.79 Å². The highest BCUT2D eigenvalue weighted by Gasteiger charge is 2.19. The summed E-state index contributed by atoms with van der Waals surface area (Å²) in [5, 5.41) is 3.11. The molecule has 4 rings (SSSR count).